The molecule has 2 aromatic heterocycles. The molecule has 0 saturated carbocycles. The molecule has 0 atom stereocenters. The Morgan fingerprint density at radius 1 is 1.30 bits per heavy atom. The Hall–Kier alpha value is -2.50. The van der Waals surface area contributed by atoms with Crippen LogP contribution in [-0.2, 0) is 14.8 Å². The maximum Gasteiger partial charge on any atom is 0.248 e. The minimum Gasteiger partial charge on any atom is -0.497 e. The molecule has 1 N–H and O–H groups in total. The van der Waals surface area contributed by atoms with E-state index in [1.165, 1.54) is 15.6 Å². The van der Waals surface area contributed by atoms with Gasteiger partial charge in [-0.1, -0.05) is 16.5 Å². The molecule has 30 heavy (non-hydrogen) atoms. The van der Waals surface area contributed by atoms with Gasteiger partial charge in [-0.25, -0.2) is 13.4 Å². The number of fused-ring (bicyclic) bond motifs is 1. The van der Waals surface area contributed by atoms with Crippen LogP contribution in [0.15, 0.2) is 27.6 Å². The number of carbonyl (C=O) groups excluding carboxylic acids is 1. The van der Waals surface area contributed by atoms with Crippen molar-refractivity contribution in [1.82, 2.24) is 14.4 Å². The quantitative estimate of drug-likeness (QED) is 0.635. The van der Waals surface area contributed by atoms with Crippen LogP contribution in [0.4, 0.5) is 5.13 Å². The first-order valence-corrected chi connectivity index (χ1v) is 11.7. The van der Waals surface area contributed by atoms with E-state index in [2.05, 4.69) is 15.5 Å². The van der Waals surface area contributed by atoms with Gasteiger partial charge in [0.05, 0.1) is 17.3 Å². The van der Waals surface area contributed by atoms with Crippen LogP contribution in [0, 0.1) is 19.8 Å². The van der Waals surface area contributed by atoms with Crippen molar-refractivity contribution >= 4 is 42.6 Å². The second-order valence-corrected chi connectivity index (χ2v) is 10.1. The molecule has 3 aromatic rings. The number of piperidine rings is 1. The summed E-state index contributed by atoms with van der Waals surface area (Å²) in [7, 11) is -2.09. The lowest BCUT2D eigenvalue weighted by atomic mass is 9.97. The van der Waals surface area contributed by atoms with Crippen molar-refractivity contribution in [2.45, 2.75) is 31.6 Å². The van der Waals surface area contributed by atoms with Crippen molar-refractivity contribution in [3.05, 3.63) is 29.7 Å². The van der Waals surface area contributed by atoms with Crippen LogP contribution >= 0.6 is 11.3 Å². The average Bonchev–Trinajstić information content (AvgIpc) is 3.29. The summed E-state index contributed by atoms with van der Waals surface area (Å²) in [6, 6.07) is 5.54. The summed E-state index contributed by atoms with van der Waals surface area (Å²) in [5.74, 6) is 0.591. The number of rotatable bonds is 5. The molecule has 1 saturated heterocycles. The second kappa shape index (κ2) is 7.97. The van der Waals surface area contributed by atoms with E-state index in [9.17, 15) is 13.2 Å². The summed E-state index contributed by atoms with van der Waals surface area (Å²) >= 11 is 1.38. The standard InChI is InChI=1S/C19H22N4O5S2/c1-11-17(12(2)28-22-11)30(25,26)23-8-6-13(7-9-23)18(24)21-19-20-15-5-4-14(27-3)10-16(15)29-19/h4-5,10,13H,6-9H2,1-3H3,(H,20,21,24). The number of aryl methyl sites for hydroxylation is 2. The number of sulfonamides is 1. The minimum absolute atomic E-state index is 0.121. The van der Waals surface area contributed by atoms with Gasteiger partial charge in [-0.15, -0.1) is 0 Å². The molecule has 11 heteroatoms. The van der Waals surface area contributed by atoms with E-state index in [4.69, 9.17) is 9.26 Å². The number of nitrogens with zero attached hydrogens (tertiary/aromatic N) is 3. The van der Waals surface area contributed by atoms with Gasteiger partial charge in [-0.3, -0.25) is 4.79 Å². The highest BCUT2D eigenvalue weighted by Gasteiger charge is 2.35. The fraction of sp³-hybridized carbons (Fsp3) is 0.421. The first kappa shape index (κ1) is 20.8. The molecule has 0 bridgehead atoms. The van der Waals surface area contributed by atoms with Crippen LogP contribution in [0.5, 0.6) is 5.75 Å². The van der Waals surface area contributed by atoms with Gasteiger partial charge in [-0.05, 0) is 44.9 Å². The predicted molar refractivity (Wildman–Crippen MR) is 112 cm³/mol. The van der Waals surface area contributed by atoms with Crippen LogP contribution in [0.25, 0.3) is 10.2 Å². The Morgan fingerprint density at radius 3 is 2.67 bits per heavy atom. The second-order valence-electron chi connectivity index (χ2n) is 7.17. The molecular weight excluding hydrogens is 428 g/mol. The van der Waals surface area contributed by atoms with E-state index in [0.29, 0.717) is 23.7 Å². The number of thiazole rings is 1. The van der Waals surface area contributed by atoms with E-state index >= 15 is 0 Å². The van der Waals surface area contributed by atoms with E-state index in [-0.39, 0.29) is 35.6 Å². The SMILES string of the molecule is COc1ccc2nc(NC(=O)C3CCN(S(=O)(=O)c4c(C)noc4C)CC3)sc2c1. The minimum atomic E-state index is -3.69. The van der Waals surface area contributed by atoms with E-state index in [1.54, 1.807) is 21.0 Å². The Kier molecular flexibility index (Phi) is 5.51. The number of amides is 1. The first-order valence-electron chi connectivity index (χ1n) is 9.48. The number of anilines is 1. The lowest BCUT2D eigenvalue weighted by molar-refractivity contribution is -0.120. The molecule has 0 spiro atoms. The molecule has 1 aliphatic heterocycles. The number of nitrogens with one attached hydrogen (secondary N) is 1. The molecule has 3 heterocycles. The smallest absolute Gasteiger partial charge is 0.248 e. The molecule has 4 rings (SSSR count). The molecule has 9 nitrogen and oxygen atoms in total. The van der Waals surface area contributed by atoms with E-state index in [1.807, 2.05) is 18.2 Å². The molecule has 0 unspecified atom stereocenters. The summed E-state index contributed by atoms with van der Waals surface area (Å²) in [4.78, 5) is 17.3. The molecule has 1 fully saturated rings. The van der Waals surface area contributed by atoms with Crippen LogP contribution in [-0.4, -0.2) is 49.0 Å². The fourth-order valence-corrected chi connectivity index (χ4v) is 6.28. The number of benzene rings is 1. The largest absolute Gasteiger partial charge is 0.497 e. The van der Waals surface area contributed by atoms with Gasteiger partial charge in [0.1, 0.15) is 16.3 Å². The summed E-state index contributed by atoms with van der Waals surface area (Å²) < 4.78 is 38.4. The van der Waals surface area contributed by atoms with Crippen LogP contribution in [0.1, 0.15) is 24.3 Å². The third-order valence-corrected chi connectivity index (χ3v) is 8.29. The predicted octanol–water partition coefficient (Wildman–Crippen LogP) is 2.95. The molecule has 0 aliphatic carbocycles. The van der Waals surface area contributed by atoms with Crippen molar-refractivity contribution in [2.24, 2.45) is 5.92 Å². The third-order valence-electron chi connectivity index (χ3n) is 5.22. The van der Waals surface area contributed by atoms with Crippen LogP contribution in [0.3, 0.4) is 0 Å². The zero-order valence-corrected chi connectivity index (χ0v) is 18.5. The van der Waals surface area contributed by atoms with Crippen LogP contribution in [0.2, 0.25) is 0 Å². The number of carbonyl (C=O) groups is 1. The Labute approximate surface area is 178 Å². The molecular formula is C19H22N4O5S2. The zero-order valence-electron chi connectivity index (χ0n) is 16.8. The molecule has 1 aromatic carbocycles. The fourth-order valence-electron chi connectivity index (χ4n) is 3.62. The van der Waals surface area contributed by atoms with Gasteiger partial charge in [0, 0.05) is 19.0 Å². The average molecular weight is 451 g/mol. The highest BCUT2D eigenvalue weighted by molar-refractivity contribution is 7.89. The van der Waals surface area contributed by atoms with Gasteiger partial charge in [-0.2, -0.15) is 4.31 Å². The summed E-state index contributed by atoms with van der Waals surface area (Å²) in [6.45, 7) is 3.72. The summed E-state index contributed by atoms with van der Waals surface area (Å²) in [6.07, 6.45) is 0.875. The Morgan fingerprint density at radius 2 is 2.03 bits per heavy atom. The molecule has 1 aliphatic rings. The highest BCUT2D eigenvalue weighted by Crippen LogP contribution is 2.31. The van der Waals surface area contributed by atoms with E-state index in [0.717, 1.165) is 16.0 Å². The number of ether oxygens (including phenoxy) is 1. The Bertz CT molecular complexity index is 1170. The maximum atomic E-state index is 12.9. The normalized spacial score (nSPS) is 16.1. The topological polar surface area (TPSA) is 115 Å². The zero-order chi connectivity index (χ0) is 21.5. The van der Waals surface area contributed by atoms with Crippen LogP contribution < -0.4 is 10.1 Å². The van der Waals surface area contributed by atoms with Gasteiger partial charge < -0.3 is 14.6 Å². The van der Waals surface area contributed by atoms with Gasteiger partial charge >= 0.3 is 0 Å². The number of hydrogen-bond donors (Lipinski definition) is 1. The van der Waals surface area contributed by atoms with Gasteiger partial charge in [0.15, 0.2) is 10.9 Å². The Balaban J connectivity index is 1.41. The van der Waals surface area contributed by atoms with Crippen molar-refractivity contribution in [1.29, 1.82) is 0 Å². The van der Waals surface area contributed by atoms with Crippen molar-refractivity contribution in [2.75, 3.05) is 25.5 Å². The maximum absolute atomic E-state index is 12.9. The van der Waals surface area contributed by atoms with Crippen molar-refractivity contribution in [3.8, 4) is 5.75 Å². The molecule has 0 radical (unpaired) electrons. The molecule has 1 amide bonds. The lowest BCUT2D eigenvalue weighted by Gasteiger charge is -2.30. The summed E-state index contributed by atoms with van der Waals surface area (Å²) in [5.41, 5.74) is 1.14. The number of methoxy groups -OCH3 is 1. The third kappa shape index (κ3) is 3.80. The first-order chi connectivity index (χ1) is 14.3. The number of hydrogen-bond acceptors (Lipinski definition) is 8. The van der Waals surface area contributed by atoms with Gasteiger partial charge in [0.25, 0.3) is 0 Å². The lowest BCUT2D eigenvalue weighted by Crippen LogP contribution is -2.41. The van der Waals surface area contributed by atoms with E-state index < -0.39 is 10.0 Å². The highest BCUT2D eigenvalue weighted by atomic mass is 32.2. The monoisotopic (exact) mass is 450 g/mol. The summed E-state index contributed by atoms with van der Waals surface area (Å²) in [5, 5.41) is 7.13. The molecule has 160 valence electrons. The van der Waals surface area contributed by atoms with Crippen molar-refractivity contribution in [3.63, 3.8) is 0 Å². The van der Waals surface area contributed by atoms with Crippen molar-refractivity contribution < 1.29 is 22.5 Å². The van der Waals surface area contributed by atoms with Gasteiger partial charge in [0.2, 0.25) is 15.9 Å². The number of aromatic nitrogens is 2.